The molecule has 0 atom stereocenters. The van der Waals surface area contributed by atoms with Gasteiger partial charge in [0, 0.05) is 24.2 Å². The number of aliphatic hydroxyl groups excluding tert-OH is 1. The van der Waals surface area contributed by atoms with E-state index < -0.39 is 0 Å². The fraction of sp³-hybridized carbons (Fsp3) is 0.455. The van der Waals surface area contributed by atoms with Crippen LogP contribution in [0.3, 0.4) is 0 Å². The standard InChI is InChI=1S/C11H16N4OS/c16-6-5-15-9-10(13-14-15)8-12-4-3-11-2-1-7-17-11/h1-2,7,9,12,16H,3-6,8H2. The number of rotatable bonds is 7. The van der Waals surface area contributed by atoms with Gasteiger partial charge in [-0.3, -0.25) is 0 Å². The SMILES string of the molecule is OCCn1cc(CNCCc2cccs2)nn1. The minimum absolute atomic E-state index is 0.0919. The molecule has 0 spiro atoms. The largest absolute Gasteiger partial charge is 0.394 e. The molecule has 0 radical (unpaired) electrons. The second-order valence-corrected chi connectivity index (χ2v) is 4.73. The predicted octanol–water partition coefficient (Wildman–Crippen LogP) is 0.664. The first kappa shape index (κ1) is 12.2. The zero-order valence-electron chi connectivity index (χ0n) is 9.54. The first-order valence-corrected chi connectivity index (χ1v) is 6.49. The van der Waals surface area contributed by atoms with Crippen molar-refractivity contribution in [2.24, 2.45) is 0 Å². The molecular weight excluding hydrogens is 236 g/mol. The smallest absolute Gasteiger partial charge is 0.0964 e. The molecule has 2 rings (SSSR count). The molecule has 0 fully saturated rings. The third kappa shape index (κ3) is 3.92. The first-order valence-electron chi connectivity index (χ1n) is 5.61. The number of nitrogens with zero attached hydrogens (tertiary/aromatic N) is 3. The Morgan fingerprint density at radius 1 is 1.47 bits per heavy atom. The summed E-state index contributed by atoms with van der Waals surface area (Å²) in [4.78, 5) is 1.39. The number of thiophene rings is 1. The van der Waals surface area contributed by atoms with Crippen molar-refractivity contribution in [2.75, 3.05) is 13.2 Å². The van der Waals surface area contributed by atoms with Crippen LogP contribution in [-0.4, -0.2) is 33.3 Å². The molecule has 2 N–H and O–H groups in total. The molecule has 17 heavy (non-hydrogen) atoms. The molecule has 92 valence electrons. The topological polar surface area (TPSA) is 63.0 Å². The van der Waals surface area contributed by atoms with E-state index in [1.54, 1.807) is 16.0 Å². The molecule has 2 aromatic heterocycles. The summed E-state index contributed by atoms with van der Waals surface area (Å²) >= 11 is 1.78. The predicted molar refractivity (Wildman–Crippen MR) is 66.8 cm³/mol. The Balaban J connectivity index is 1.67. The third-order valence-corrected chi connectivity index (χ3v) is 3.29. The molecule has 0 aliphatic carbocycles. The highest BCUT2D eigenvalue weighted by molar-refractivity contribution is 7.09. The number of hydrogen-bond donors (Lipinski definition) is 2. The monoisotopic (exact) mass is 252 g/mol. The molecule has 0 aliphatic heterocycles. The lowest BCUT2D eigenvalue weighted by molar-refractivity contribution is 0.268. The van der Waals surface area contributed by atoms with Crippen molar-refractivity contribution >= 4 is 11.3 Å². The zero-order chi connectivity index (χ0) is 11.9. The fourth-order valence-electron chi connectivity index (χ4n) is 1.51. The van der Waals surface area contributed by atoms with Crippen LogP contribution in [0.4, 0.5) is 0 Å². The van der Waals surface area contributed by atoms with E-state index in [9.17, 15) is 0 Å². The van der Waals surface area contributed by atoms with E-state index in [-0.39, 0.29) is 6.61 Å². The van der Waals surface area contributed by atoms with Crippen molar-refractivity contribution in [1.82, 2.24) is 20.3 Å². The van der Waals surface area contributed by atoms with Gasteiger partial charge in [0.2, 0.25) is 0 Å². The van der Waals surface area contributed by atoms with Gasteiger partial charge >= 0.3 is 0 Å². The molecule has 0 aromatic carbocycles. The zero-order valence-corrected chi connectivity index (χ0v) is 10.4. The lowest BCUT2D eigenvalue weighted by Crippen LogP contribution is -2.16. The van der Waals surface area contributed by atoms with Crippen LogP contribution < -0.4 is 5.32 Å². The summed E-state index contributed by atoms with van der Waals surface area (Å²) in [6.45, 7) is 2.25. The Kier molecular flexibility index (Phi) is 4.66. The highest BCUT2D eigenvalue weighted by atomic mass is 32.1. The highest BCUT2D eigenvalue weighted by Gasteiger charge is 2.00. The van der Waals surface area contributed by atoms with Crippen molar-refractivity contribution < 1.29 is 5.11 Å². The average Bonchev–Trinajstić information content (AvgIpc) is 2.96. The van der Waals surface area contributed by atoms with E-state index in [1.165, 1.54) is 4.88 Å². The lowest BCUT2D eigenvalue weighted by Gasteiger charge is -2.00. The van der Waals surface area contributed by atoms with Gasteiger partial charge < -0.3 is 10.4 Å². The average molecular weight is 252 g/mol. The summed E-state index contributed by atoms with van der Waals surface area (Å²) in [5.41, 5.74) is 0.907. The summed E-state index contributed by atoms with van der Waals surface area (Å²) < 4.78 is 1.65. The molecule has 0 saturated carbocycles. The summed E-state index contributed by atoms with van der Waals surface area (Å²) in [6, 6.07) is 4.21. The van der Waals surface area contributed by atoms with E-state index >= 15 is 0 Å². The summed E-state index contributed by atoms with van der Waals surface area (Å²) in [5, 5.41) is 22.1. The molecule has 2 aromatic rings. The van der Waals surface area contributed by atoms with Crippen LogP contribution in [0.25, 0.3) is 0 Å². The Morgan fingerprint density at radius 3 is 3.18 bits per heavy atom. The molecule has 0 bridgehead atoms. The van der Waals surface area contributed by atoms with Crippen LogP contribution in [0.15, 0.2) is 23.7 Å². The van der Waals surface area contributed by atoms with E-state index in [0.717, 1.165) is 25.2 Å². The Hall–Kier alpha value is -1.24. The van der Waals surface area contributed by atoms with Gasteiger partial charge in [0.05, 0.1) is 18.8 Å². The van der Waals surface area contributed by atoms with Gasteiger partial charge in [-0.15, -0.1) is 16.4 Å². The maximum atomic E-state index is 8.75. The van der Waals surface area contributed by atoms with Crippen LogP contribution in [0, 0.1) is 0 Å². The molecule has 0 amide bonds. The highest BCUT2D eigenvalue weighted by Crippen LogP contribution is 2.08. The van der Waals surface area contributed by atoms with Crippen LogP contribution in [0.2, 0.25) is 0 Å². The van der Waals surface area contributed by atoms with Crippen molar-refractivity contribution in [3.8, 4) is 0 Å². The van der Waals surface area contributed by atoms with E-state index in [4.69, 9.17) is 5.11 Å². The van der Waals surface area contributed by atoms with Gasteiger partial charge in [0.25, 0.3) is 0 Å². The lowest BCUT2D eigenvalue weighted by atomic mass is 10.3. The van der Waals surface area contributed by atoms with Crippen molar-refractivity contribution in [3.63, 3.8) is 0 Å². The van der Waals surface area contributed by atoms with Crippen LogP contribution in [0.1, 0.15) is 10.6 Å². The quantitative estimate of drug-likeness (QED) is 0.711. The molecular formula is C11H16N4OS. The second kappa shape index (κ2) is 6.48. The van der Waals surface area contributed by atoms with E-state index in [0.29, 0.717) is 6.54 Å². The molecule has 6 heteroatoms. The van der Waals surface area contributed by atoms with Crippen LogP contribution >= 0.6 is 11.3 Å². The van der Waals surface area contributed by atoms with Crippen LogP contribution in [-0.2, 0) is 19.5 Å². The number of aromatic nitrogens is 3. The third-order valence-electron chi connectivity index (χ3n) is 2.35. The normalized spacial score (nSPS) is 10.9. The van der Waals surface area contributed by atoms with Crippen molar-refractivity contribution in [1.29, 1.82) is 0 Å². The maximum absolute atomic E-state index is 8.75. The number of aliphatic hydroxyl groups is 1. The minimum Gasteiger partial charge on any atom is -0.394 e. The van der Waals surface area contributed by atoms with E-state index in [1.807, 2.05) is 6.20 Å². The van der Waals surface area contributed by atoms with Gasteiger partial charge in [-0.1, -0.05) is 11.3 Å². The minimum atomic E-state index is 0.0919. The second-order valence-electron chi connectivity index (χ2n) is 3.70. The van der Waals surface area contributed by atoms with Gasteiger partial charge in [-0.05, 0) is 17.9 Å². The Labute approximate surface area is 104 Å². The van der Waals surface area contributed by atoms with Gasteiger partial charge in [0.15, 0.2) is 0 Å². The van der Waals surface area contributed by atoms with Crippen LogP contribution in [0.5, 0.6) is 0 Å². The molecule has 0 aliphatic rings. The van der Waals surface area contributed by atoms with Gasteiger partial charge in [-0.25, -0.2) is 4.68 Å². The summed E-state index contributed by atoms with van der Waals surface area (Å²) in [6.07, 6.45) is 2.90. The number of hydrogen-bond acceptors (Lipinski definition) is 5. The Bertz CT molecular complexity index is 426. The summed E-state index contributed by atoms with van der Waals surface area (Å²) in [7, 11) is 0. The summed E-state index contributed by atoms with van der Waals surface area (Å²) in [5.74, 6) is 0. The van der Waals surface area contributed by atoms with Crippen molar-refractivity contribution in [2.45, 2.75) is 19.5 Å². The van der Waals surface area contributed by atoms with Crippen molar-refractivity contribution in [3.05, 3.63) is 34.3 Å². The molecule has 5 nitrogen and oxygen atoms in total. The number of nitrogens with one attached hydrogen (secondary N) is 1. The molecule has 0 unspecified atom stereocenters. The molecule has 2 heterocycles. The van der Waals surface area contributed by atoms with Gasteiger partial charge in [-0.2, -0.15) is 0 Å². The maximum Gasteiger partial charge on any atom is 0.0964 e. The van der Waals surface area contributed by atoms with E-state index in [2.05, 4.69) is 33.1 Å². The molecule has 0 saturated heterocycles. The fourth-order valence-corrected chi connectivity index (χ4v) is 2.22. The van der Waals surface area contributed by atoms with Gasteiger partial charge in [0.1, 0.15) is 0 Å². The first-order chi connectivity index (χ1) is 8.38. The Morgan fingerprint density at radius 2 is 2.41 bits per heavy atom.